The summed E-state index contributed by atoms with van der Waals surface area (Å²) in [5.74, 6) is -0.634. The molecule has 0 unspecified atom stereocenters. The van der Waals surface area contributed by atoms with Crippen LogP contribution >= 0.6 is 0 Å². The van der Waals surface area contributed by atoms with E-state index in [0.29, 0.717) is 0 Å². The molecule has 1 aliphatic carbocycles. The van der Waals surface area contributed by atoms with Crippen molar-refractivity contribution in [1.82, 2.24) is 0 Å². The third-order valence-electron chi connectivity index (χ3n) is 2.91. The molecule has 8 heteroatoms. The van der Waals surface area contributed by atoms with Crippen molar-refractivity contribution in [2.45, 2.75) is 38.1 Å². The van der Waals surface area contributed by atoms with Gasteiger partial charge in [-0.25, -0.2) is 0 Å². The number of benzene rings is 1. The predicted molar refractivity (Wildman–Crippen MR) is 62.7 cm³/mol. The number of nitro groups is 1. The second kappa shape index (κ2) is 5.56. The summed E-state index contributed by atoms with van der Waals surface area (Å²) >= 11 is 0. The van der Waals surface area contributed by atoms with Gasteiger partial charge in [-0.1, -0.05) is 0 Å². The van der Waals surface area contributed by atoms with Gasteiger partial charge in [0.05, 0.1) is 23.2 Å². The molecule has 0 heterocycles. The lowest BCUT2D eigenvalue weighted by molar-refractivity contribution is -0.385. The van der Waals surface area contributed by atoms with Crippen molar-refractivity contribution in [3.8, 4) is 11.5 Å². The maximum Gasteiger partial charge on any atom is 0.573 e. The Bertz CT molecular complexity index is 498. The number of rotatable bonds is 4. The number of hydrogen-bond donors (Lipinski definition) is 0. The maximum absolute atomic E-state index is 12.2. The summed E-state index contributed by atoms with van der Waals surface area (Å²) in [5.41, 5.74) is -0.500. The van der Waals surface area contributed by atoms with E-state index >= 15 is 0 Å². The fraction of sp³-hybridized carbons (Fsp3) is 0.500. The molecular formula is C12H12F3NO4. The molecule has 110 valence electrons. The van der Waals surface area contributed by atoms with E-state index in [4.69, 9.17) is 4.74 Å². The molecule has 1 saturated carbocycles. The van der Waals surface area contributed by atoms with Crippen molar-refractivity contribution in [3.63, 3.8) is 0 Å². The van der Waals surface area contributed by atoms with E-state index in [1.165, 1.54) is 0 Å². The minimum atomic E-state index is -4.90. The largest absolute Gasteiger partial charge is 0.573 e. The summed E-state index contributed by atoms with van der Waals surface area (Å²) in [4.78, 5) is 9.93. The Hall–Kier alpha value is -1.99. The van der Waals surface area contributed by atoms with Crippen LogP contribution in [0.4, 0.5) is 18.9 Å². The van der Waals surface area contributed by atoms with E-state index in [2.05, 4.69) is 4.74 Å². The van der Waals surface area contributed by atoms with E-state index < -0.39 is 22.7 Å². The molecule has 0 atom stereocenters. The molecule has 1 fully saturated rings. The Balaban J connectivity index is 2.23. The van der Waals surface area contributed by atoms with E-state index in [1.807, 2.05) is 0 Å². The third-order valence-corrected chi connectivity index (χ3v) is 2.91. The zero-order valence-corrected chi connectivity index (χ0v) is 10.4. The average molecular weight is 291 g/mol. The maximum atomic E-state index is 12.2. The highest BCUT2D eigenvalue weighted by Crippen LogP contribution is 2.33. The SMILES string of the molecule is O=[N+]([O-])c1cc(OC2CCCC2)cc(OC(F)(F)F)c1. The van der Waals surface area contributed by atoms with Crippen LogP contribution in [-0.2, 0) is 0 Å². The fourth-order valence-corrected chi connectivity index (χ4v) is 2.12. The van der Waals surface area contributed by atoms with E-state index in [1.54, 1.807) is 0 Å². The molecule has 0 aliphatic heterocycles. The van der Waals surface area contributed by atoms with Crippen LogP contribution in [0.2, 0.25) is 0 Å². The summed E-state index contributed by atoms with van der Waals surface area (Å²) in [6, 6.07) is 2.83. The van der Waals surface area contributed by atoms with Gasteiger partial charge in [-0.2, -0.15) is 0 Å². The summed E-state index contributed by atoms with van der Waals surface area (Å²) in [6.45, 7) is 0. The first-order valence-electron chi connectivity index (χ1n) is 6.05. The van der Waals surface area contributed by atoms with Gasteiger partial charge in [0, 0.05) is 6.07 Å². The van der Waals surface area contributed by atoms with Gasteiger partial charge in [-0.05, 0) is 25.7 Å². The monoisotopic (exact) mass is 291 g/mol. The summed E-state index contributed by atoms with van der Waals surface area (Å²) in [5, 5.41) is 10.7. The first-order valence-corrected chi connectivity index (χ1v) is 6.05. The van der Waals surface area contributed by atoms with Gasteiger partial charge < -0.3 is 9.47 Å². The van der Waals surface area contributed by atoms with E-state index in [0.717, 1.165) is 43.9 Å². The molecule has 5 nitrogen and oxygen atoms in total. The van der Waals surface area contributed by atoms with Crippen LogP contribution in [0.3, 0.4) is 0 Å². The Labute approximate surface area is 112 Å². The Kier molecular flexibility index (Phi) is 4.01. The number of non-ortho nitro benzene ring substituents is 1. The topological polar surface area (TPSA) is 61.6 Å². The minimum absolute atomic E-state index is 0.0188. The molecule has 0 aromatic heterocycles. The molecule has 1 aromatic rings. The van der Waals surface area contributed by atoms with E-state index in [-0.39, 0.29) is 11.9 Å². The van der Waals surface area contributed by atoms with Crippen LogP contribution in [0.25, 0.3) is 0 Å². The highest BCUT2D eigenvalue weighted by molar-refractivity contribution is 5.46. The van der Waals surface area contributed by atoms with Crippen LogP contribution in [0, 0.1) is 10.1 Å². The normalized spacial score (nSPS) is 16.1. The molecule has 1 aliphatic rings. The van der Waals surface area contributed by atoms with Crippen molar-refractivity contribution >= 4 is 5.69 Å². The average Bonchev–Trinajstić information content (AvgIpc) is 2.78. The highest BCUT2D eigenvalue weighted by Gasteiger charge is 2.32. The Morgan fingerprint density at radius 1 is 1.15 bits per heavy atom. The third kappa shape index (κ3) is 4.01. The molecule has 0 spiro atoms. The van der Waals surface area contributed by atoms with Gasteiger partial charge in [0.2, 0.25) is 0 Å². The number of nitrogens with zero attached hydrogens (tertiary/aromatic N) is 1. The van der Waals surface area contributed by atoms with Crippen LogP contribution in [0.5, 0.6) is 11.5 Å². The van der Waals surface area contributed by atoms with Gasteiger partial charge in [0.15, 0.2) is 0 Å². The molecule has 1 aromatic carbocycles. The highest BCUT2D eigenvalue weighted by atomic mass is 19.4. The molecule has 20 heavy (non-hydrogen) atoms. The van der Waals surface area contributed by atoms with Gasteiger partial charge in [0.1, 0.15) is 11.5 Å². The Morgan fingerprint density at radius 2 is 1.75 bits per heavy atom. The van der Waals surface area contributed by atoms with Crippen LogP contribution < -0.4 is 9.47 Å². The van der Waals surface area contributed by atoms with Gasteiger partial charge in [-0.3, -0.25) is 10.1 Å². The smallest absolute Gasteiger partial charge is 0.490 e. The van der Waals surface area contributed by atoms with Gasteiger partial charge >= 0.3 is 6.36 Å². The lowest BCUT2D eigenvalue weighted by Crippen LogP contribution is -2.17. The summed E-state index contributed by atoms with van der Waals surface area (Å²) in [7, 11) is 0. The van der Waals surface area contributed by atoms with Crippen molar-refractivity contribution < 1.29 is 27.6 Å². The number of ether oxygens (including phenoxy) is 2. The molecule has 0 amide bonds. The van der Waals surface area contributed by atoms with Crippen molar-refractivity contribution in [2.75, 3.05) is 0 Å². The van der Waals surface area contributed by atoms with E-state index in [9.17, 15) is 23.3 Å². The van der Waals surface area contributed by atoms with Crippen LogP contribution in [0.1, 0.15) is 25.7 Å². The molecule has 2 rings (SSSR count). The number of hydrogen-bond acceptors (Lipinski definition) is 4. The number of halogens is 3. The first kappa shape index (κ1) is 14.4. The second-order valence-corrected chi connectivity index (χ2v) is 4.49. The van der Waals surface area contributed by atoms with Crippen LogP contribution in [-0.4, -0.2) is 17.4 Å². The molecule has 0 N–H and O–H groups in total. The van der Waals surface area contributed by atoms with Crippen molar-refractivity contribution in [2.24, 2.45) is 0 Å². The second-order valence-electron chi connectivity index (χ2n) is 4.49. The van der Waals surface area contributed by atoms with Gasteiger partial charge in [-0.15, -0.1) is 13.2 Å². The zero-order valence-electron chi connectivity index (χ0n) is 10.4. The number of nitro benzene ring substituents is 1. The number of alkyl halides is 3. The van der Waals surface area contributed by atoms with Crippen molar-refractivity contribution in [3.05, 3.63) is 28.3 Å². The molecule has 0 radical (unpaired) electrons. The first-order chi connectivity index (χ1) is 9.33. The fourth-order valence-electron chi connectivity index (χ4n) is 2.12. The molecular weight excluding hydrogens is 279 g/mol. The Morgan fingerprint density at radius 3 is 2.30 bits per heavy atom. The molecule has 0 saturated heterocycles. The zero-order chi connectivity index (χ0) is 14.8. The standard InChI is InChI=1S/C12H12F3NO4/c13-12(14,15)20-11-6-8(16(17)18)5-10(7-11)19-9-3-1-2-4-9/h5-7,9H,1-4H2. The summed E-state index contributed by atoms with van der Waals surface area (Å²) < 4.78 is 45.7. The molecule has 0 bridgehead atoms. The quantitative estimate of drug-likeness (QED) is 0.625. The summed E-state index contributed by atoms with van der Waals surface area (Å²) in [6.07, 6.45) is -1.48. The van der Waals surface area contributed by atoms with Crippen molar-refractivity contribution in [1.29, 1.82) is 0 Å². The lowest BCUT2D eigenvalue weighted by Gasteiger charge is -2.14. The van der Waals surface area contributed by atoms with Gasteiger partial charge in [0.25, 0.3) is 5.69 Å². The van der Waals surface area contributed by atoms with Crippen LogP contribution in [0.15, 0.2) is 18.2 Å². The predicted octanol–water partition coefficient (Wildman–Crippen LogP) is 3.81. The minimum Gasteiger partial charge on any atom is -0.490 e. The lowest BCUT2D eigenvalue weighted by atomic mass is 10.2.